The summed E-state index contributed by atoms with van der Waals surface area (Å²) in [6, 6.07) is 7.13. The van der Waals surface area contributed by atoms with Gasteiger partial charge in [0.25, 0.3) is 5.69 Å². The van der Waals surface area contributed by atoms with E-state index in [1.54, 1.807) is 32.0 Å². The molecule has 0 N–H and O–H groups in total. The van der Waals surface area contributed by atoms with Gasteiger partial charge >= 0.3 is 5.97 Å². The molecular weight excluding hydrogens is 394 g/mol. The number of ketones is 1. The maximum atomic E-state index is 12.7. The van der Waals surface area contributed by atoms with Gasteiger partial charge < -0.3 is 18.9 Å². The molecule has 9 nitrogen and oxygen atoms in total. The van der Waals surface area contributed by atoms with Gasteiger partial charge in [-0.1, -0.05) is 0 Å². The number of methoxy groups -OCH3 is 1. The van der Waals surface area contributed by atoms with Gasteiger partial charge in [-0.2, -0.15) is 0 Å². The Hall–Kier alpha value is -3.62. The SMILES string of the molecule is CCOc1ccc(C(C)=O)cc1COC(=O)c1cc(OCC)c(OC)cc1[N+](=O)[O-]. The van der Waals surface area contributed by atoms with Crippen LogP contribution < -0.4 is 14.2 Å². The molecule has 9 heteroatoms. The molecule has 0 spiro atoms. The number of Topliss-reactive ketones (excluding diaryl/α,β-unsaturated/α-hetero) is 1. The predicted molar refractivity (Wildman–Crippen MR) is 108 cm³/mol. The summed E-state index contributed by atoms with van der Waals surface area (Å²) in [4.78, 5) is 35.1. The minimum absolute atomic E-state index is 0.132. The zero-order valence-corrected chi connectivity index (χ0v) is 17.2. The third-order valence-electron chi connectivity index (χ3n) is 4.12. The summed E-state index contributed by atoms with van der Waals surface area (Å²) < 4.78 is 21.3. The van der Waals surface area contributed by atoms with Crippen molar-refractivity contribution < 1.29 is 33.5 Å². The van der Waals surface area contributed by atoms with Crippen molar-refractivity contribution in [3.63, 3.8) is 0 Å². The number of nitro benzene ring substituents is 1. The predicted octanol–water partition coefficient (Wildman–Crippen LogP) is 3.96. The molecule has 0 aliphatic rings. The van der Waals surface area contributed by atoms with Crippen molar-refractivity contribution in [2.75, 3.05) is 20.3 Å². The smallest absolute Gasteiger partial charge is 0.345 e. The fourth-order valence-electron chi connectivity index (χ4n) is 2.72. The summed E-state index contributed by atoms with van der Waals surface area (Å²) in [6.45, 7) is 5.37. The van der Waals surface area contributed by atoms with E-state index in [1.807, 2.05) is 0 Å². The van der Waals surface area contributed by atoms with E-state index in [9.17, 15) is 19.7 Å². The van der Waals surface area contributed by atoms with Crippen LogP contribution in [0.3, 0.4) is 0 Å². The number of ether oxygens (including phenoxy) is 4. The van der Waals surface area contributed by atoms with Gasteiger partial charge in [0.1, 0.15) is 17.9 Å². The molecule has 0 unspecified atom stereocenters. The maximum absolute atomic E-state index is 12.7. The molecule has 2 aromatic carbocycles. The van der Waals surface area contributed by atoms with Crippen LogP contribution >= 0.6 is 0 Å². The summed E-state index contributed by atoms with van der Waals surface area (Å²) in [5.74, 6) is -0.299. The first-order chi connectivity index (χ1) is 14.3. The Morgan fingerprint density at radius 3 is 2.23 bits per heavy atom. The summed E-state index contributed by atoms with van der Waals surface area (Å²) in [6.07, 6.45) is 0. The molecule has 0 aliphatic carbocycles. The summed E-state index contributed by atoms with van der Waals surface area (Å²) >= 11 is 0. The van der Waals surface area contributed by atoms with Gasteiger partial charge in [0.15, 0.2) is 17.3 Å². The quantitative estimate of drug-likeness (QED) is 0.247. The van der Waals surface area contributed by atoms with Crippen LogP contribution in [0.4, 0.5) is 5.69 Å². The molecule has 0 saturated carbocycles. The first-order valence-corrected chi connectivity index (χ1v) is 9.25. The van der Waals surface area contributed by atoms with Gasteiger partial charge in [0, 0.05) is 17.2 Å². The van der Waals surface area contributed by atoms with Crippen LogP contribution in [0.15, 0.2) is 30.3 Å². The van der Waals surface area contributed by atoms with Crippen molar-refractivity contribution >= 4 is 17.4 Å². The van der Waals surface area contributed by atoms with Gasteiger partial charge in [-0.3, -0.25) is 14.9 Å². The van der Waals surface area contributed by atoms with Crippen LogP contribution in [-0.2, 0) is 11.3 Å². The Morgan fingerprint density at radius 1 is 1.00 bits per heavy atom. The second kappa shape index (κ2) is 10.2. The van der Waals surface area contributed by atoms with Crippen LogP contribution in [-0.4, -0.2) is 37.0 Å². The second-order valence-electron chi connectivity index (χ2n) is 6.10. The Balaban J connectivity index is 2.36. The lowest BCUT2D eigenvalue weighted by atomic mass is 10.1. The highest BCUT2D eigenvalue weighted by Gasteiger charge is 2.26. The fraction of sp³-hybridized carbons (Fsp3) is 0.333. The number of nitrogens with zero attached hydrogens (tertiary/aromatic N) is 1. The summed E-state index contributed by atoms with van der Waals surface area (Å²) in [5, 5.41) is 11.4. The van der Waals surface area contributed by atoms with E-state index in [0.717, 1.165) is 6.07 Å². The van der Waals surface area contributed by atoms with Gasteiger partial charge in [0.2, 0.25) is 0 Å². The van der Waals surface area contributed by atoms with Crippen molar-refractivity contribution in [3.05, 3.63) is 57.1 Å². The third kappa shape index (κ3) is 5.25. The molecule has 0 radical (unpaired) electrons. The number of esters is 1. The fourth-order valence-corrected chi connectivity index (χ4v) is 2.72. The van der Waals surface area contributed by atoms with E-state index in [-0.39, 0.29) is 36.1 Å². The standard InChI is InChI=1S/C21H23NO8/c1-5-28-18-8-7-14(13(3)23)9-15(18)12-30-21(24)16-10-20(29-6-2)19(27-4)11-17(16)22(25)26/h7-11H,5-6,12H2,1-4H3. The van der Waals surface area contributed by atoms with E-state index in [4.69, 9.17) is 18.9 Å². The average molecular weight is 417 g/mol. The van der Waals surface area contributed by atoms with Crippen molar-refractivity contribution in [1.82, 2.24) is 0 Å². The molecule has 0 saturated heterocycles. The van der Waals surface area contributed by atoms with Crippen LogP contribution in [0.5, 0.6) is 17.2 Å². The Morgan fingerprint density at radius 2 is 1.67 bits per heavy atom. The van der Waals surface area contributed by atoms with E-state index in [1.165, 1.54) is 20.1 Å². The minimum atomic E-state index is -0.916. The highest BCUT2D eigenvalue weighted by Crippen LogP contribution is 2.35. The Bertz CT molecular complexity index is 954. The molecular formula is C21H23NO8. The number of hydrogen-bond acceptors (Lipinski definition) is 8. The van der Waals surface area contributed by atoms with Crippen molar-refractivity contribution in [2.24, 2.45) is 0 Å². The van der Waals surface area contributed by atoms with Gasteiger partial charge in [-0.25, -0.2) is 4.79 Å². The number of hydrogen-bond donors (Lipinski definition) is 0. The minimum Gasteiger partial charge on any atom is -0.493 e. The zero-order chi connectivity index (χ0) is 22.3. The zero-order valence-electron chi connectivity index (χ0n) is 17.2. The van der Waals surface area contributed by atoms with E-state index < -0.39 is 16.6 Å². The number of rotatable bonds is 10. The molecule has 0 aliphatic heterocycles. The van der Waals surface area contributed by atoms with Crippen molar-refractivity contribution in [3.8, 4) is 17.2 Å². The highest BCUT2D eigenvalue weighted by atomic mass is 16.6. The molecule has 0 amide bonds. The topological polar surface area (TPSA) is 114 Å². The molecule has 0 heterocycles. The largest absolute Gasteiger partial charge is 0.493 e. The van der Waals surface area contributed by atoms with Crippen LogP contribution in [0, 0.1) is 10.1 Å². The molecule has 0 aromatic heterocycles. The molecule has 2 rings (SSSR count). The molecule has 160 valence electrons. The Labute approximate surface area is 173 Å². The van der Waals surface area contributed by atoms with Gasteiger partial charge in [-0.15, -0.1) is 0 Å². The number of nitro groups is 1. The lowest BCUT2D eigenvalue weighted by Crippen LogP contribution is -2.11. The lowest BCUT2D eigenvalue weighted by molar-refractivity contribution is -0.385. The van der Waals surface area contributed by atoms with Crippen LogP contribution in [0.25, 0.3) is 0 Å². The second-order valence-corrected chi connectivity index (χ2v) is 6.10. The highest BCUT2D eigenvalue weighted by molar-refractivity contribution is 5.95. The van der Waals surface area contributed by atoms with Crippen LogP contribution in [0.2, 0.25) is 0 Å². The van der Waals surface area contributed by atoms with Crippen molar-refractivity contribution in [2.45, 2.75) is 27.4 Å². The van der Waals surface area contributed by atoms with Gasteiger partial charge in [0.05, 0.1) is 31.3 Å². The van der Waals surface area contributed by atoms with Gasteiger partial charge in [-0.05, 0) is 39.0 Å². The first kappa shape index (κ1) is 22.7. The number of carbonyl (C=O) groups excluding carboxylic acids is 2. The van der Waals surface area contributed by atoms with Crippen molar-refractivity contribution in [1.29, 1.82) is 0 Å². The average Bonchev–Trinajstić information content (AvgIpc) is 2.72. The summed E-state index contributed by atoms with van der Waals surface area (Å²) in [5.41, 5.74) is 0.158. The molecule has 0 fully saturated rings. The van der Waals surface area contributed by atoms with E-state index in [2.05, 4.69) is 0 Å². The normalized spacial score (nSPS) is 10.3. The molecule has 2 aromatic rings. The third-order valence-corrected chi connectivity index (χ3v) is 4.12. The van der Waals surface area contributed by atoms with E-state index in [0.29, 0.717) is 23.5 Å². The lowest BCUT2D eigenvalue weighted by Gasteiger charge is -2.13. The number of benzene rings is 2. The molecule has 0 atom stereocenters. The van der Waals surface area contributed by atoms with Crippen LogP contribution in [0.1, 0.15) is 47.1 Å². The summed E-state index contributed by atoms with van der Waals surface area (Å²) in [7, 11) is 1.34. The molecule has 30 heavy (non-hydrogen) atoms. The maximum Gasteiger partial charge on any atom is 0.345 e. The monoisotopic (exact) mass is 417 g/mol. The number of carbonyl (C=O) groups is 2. The van der Waals surface area contributed by atoms with E-state index >= 15 is 0 Å². The molecule has 0 bridgehead atoms. The Kier molecular flexibility index (Phi) is 7.74. The first-order valence-electron chi connectivity index (χ1n) is 9.25.